The molecule has 208 valence electrons. The van der Waals surface area contributed by atoms with E-state index in [-0.39, 0.29) is 36.1 Å². The molecule has 5 rings (SSSR count). The second-order valence-electron chi connectivity index (χ2n) is 10.8. The van der Waals surface area contributed by atoms with Crippen LogP contribution >= 0.6 is 0 Å². The van der Waals surface area contributed by atoms with Gasteiger partial charge in [-0.3, -0.25) is 9.78 Å². The highest BCUT2D eigenvalue weighted by molar-refractivity contribution is 5.68. The van der Waals surface area contributed by atoms with E-state index in [1.54, 1.807) is 6.20 Å². The van der Waals surface area contributed by atoms with Crippen molar-refractivity contribution in [1.82, 2.24) is 9.97 Å². The fraction of sp³-hybridized carbons (Fsp3) is 0.400. The number of rotatable bonds is 11. The summed E-state index contributed by atoms with van der Waals surface area (Å²) in [5, 5.41) is 19.3. The van der Waals surface area contributed by atoms with Gasteiger partial charge in [0, 0.05) is 29.3 Å². The quantitative estimate of drug-likeness (QED) is 0.285. The van der Waals surface area contributed by atoms with Crippen LogP contribution in [0.25, 0.3) is 11.3 Å². The van der Waals surface area contributed by atoms with Crippen LogP contribution in [-0.4, -0.2) is 21.0 Å². The highest BCUT2D eigenvalue weighted by Crippen LogP contribution is 2.46. The first-order chi connectivity index (χ1) is 19.3. The largest absolute Gasteiger partial charge is 0.481 e. The summed E-state index contributed by atoms with van der Waals surface area (Å²) >= 11 is 0. The van der Waals surface area contributed by atoms with Crippen molar-refractivity contribution in [2.45, 2.75) is 63.9 Å². The first kappa shape index (κ1) is 27.5. The lowest BCUT2D eigenvalue weighted by atomic mass is 9.80. The second-order valence-corrected chi connectivity index (χ2v) is 10.8. The molecule has 10 heteroatoms. The Morgan fingerprint density at radius 1 is 1.15 bits per heavy atom. The molecule has 2 heterocycles. The molecule has 1 unspecified atom stereocenters. The van der Waals surface area contributed by atoms with E-state index in [1.165, 1.54) is 24.3 Å². The van der Waals surface area contributed by atoms with Crippen molar-refractivity contribution in [3.05, 3.63) is 71.1 Å². The van der Waals surface area contributed by atoms with Crippen molar-refractivity contribution < 1.29 is 28.3 Å². The predicted octanol–water partition coefficient (Wildman–Crippen LogP) is 5.85. The van der Waals surface area contributed by atoms with Gasteiger partial charge >= 0.3 is 5.97 Å². The zero-order valence-electron chi connectivity index (χ0n) is 21.9. The van der Waals surface area contributed by atoms with Crippen LogP contribution in [0.15, 0.2) is 42.7 Å². The number of halogens is 2. The Kier molecular flexibility index (Phi) is 7.94. The lowest BCUT2D eigenvalue weighted by Crippen LogP contribution is -2.18. The summed E-state index contributed by atoms with van der Waals surface area (Å²) in [6, 6.07) is 9.95. The predicted molar refractivity (Wildman–Crippen MR) is 141 cm³/mol. The molecule has 8 nitrogen and oxygen atoms in total. The summed E-state index contributed by atoms with van der Waals surface area (Å²) in [6.45, 7) is 0.0410. The fourth-order valence-corrected chi connectivity index (χ4v) is 5.69. The molecule has 0 bridgehead atoms. The van der Waals surface area contributed by atoms with Crippen LogP contribution in [0.3, 0.4) is 0 Å². The molecule has 2 aromatic heterocycles. The van der Waals surface area contributed by atoms with Gasteiger partial charge in [-0.15, -0.1) is 0 Å². The molecule has 2 aliphatic rings. The molecule has 0 amide bonds. The summed E-state index contributed by atoms with van der Waals surface area (Å²) in [7, 11) is 0. The third-order valence-electron chi connectivity index (χ3n) is 7.91. The van der Waals surface area contributed by atoms with Crippen molar-refractivity contribution in [3.8, 4) is 29.0 Å². The van der Waals surface area contributed by atoms with E-state index in [9.17, 15) is 23.9 Å². The lowest BCUT2D eigenvalue weighted by molar-refractivity contribution is -0.137. The smallest absolute Gasteiger partial charge is 0.303 e. The molecule has 0 aliphatic heterocycles. The minimum absolute atomic E-state index is 0.0410. The Bertz CT molecular complexity index is 1450. The first-order valence-electron chi connectivity index (χ1n) is 13.4. The summed E-state index contributed by atoms with van der Waals surface area (Å²) in [4.78, 5) is 24.8. The van der Waals surface area contributed by atoms with Crippen LogP contribution < -0.4 is 15.5 Å². The van der Waals surface area contributed by atoms with Crippen LogP contribution in [0.1, 0.15) is 67.6 Å². The number of aliphatic carboxylic acids is 1. The maximum Gasteiger partial charge on any atom is 0.303 e. The van der Waals surface area contributed by atoms with Crippen LogP contribution in [0.5, 0.6) is 11.6 Å². The van der Waals surface area contributed by atoms with E-state index < -0.39 is 28.9 Å². The maximum absolute atomic E-state index is 14.9. The molecule has 3 N–H and O–H groups in total. The van der Waals surface area contributed by atoms with Gasteiger partial charge in [-0.1, -0.05) is 12.8 Å². The van der Waals surface area contributed by atoms with Crippen LogP contribution in [-0.2, 0) is 17.8 Å². The van der Waals surface area contributed by atoms with Crippen LogP contribution in [0.2, 0.25) is 0 Å². The minimum Gasteiger partial charge on any atom is -0.481 e. The third-order valence-corrected chi connectivity index (χ3v) is 7.91. The number of carboxylic acids is 1. The van der Waals surface area contributed by atoms with E-state index in [4.69, 9.17) is 15.5 Å². The van der Waals surface area contributed by atoms with Crippen molar-refractivity contribution in [3.63, 3.8) is 0 Å². The molecule has 2 aliphatic carbocycles. The number of hydrogen-bond donors (Lipinski definition) is 2. The SMILES string of the molecule is N#CC1(Cc2cc(COc3cc(C(CC(=O)O)C4CC4)c(F)cn3)cnc2-c2cc(ON)ccc2F)CCCC1. The number of benzene rings is 1. The second kappa shape index (κ2) is 11.6. The van der Waals surface area contributed by atoms with Gasteiger partial charge in [0.25, 0.3) is 0 Å². The van der Waals surface area contributed by atoms with Gasteiger partial charge in [0.1, 0.15) is 24.0 Å². The molecule has 0 radical (unpaired) electrons. The number of nitrogens with zero attached hydrogens (tertiary/aromatic N) is 3. The summed E-state index contributed by atoms with van der Waals surface area (Å²) in [5.41, 5.74) is 1.69. The zero-order valence-corrected chi connectivity index (χ0v) is 21.9. The molecule has 2 fully saturated rings. The molecular weight excluding hydrogens is 518 g/mol. The Hall–Kier alpha value is -4.10. The van der Waals surface area contributed by atoms with Gasteiger partial charge in [-0.05, 0) is 73.4 Å². The monoisotopic (exact) mass is 548 g/mol. The first-order valence-corrected chi connectivity index (χ1v) is 13.4. The molecule has 0 spiro atoms. The molecule has 40 heavy (non-hydrogen) atoms. The molecule has 1 atom stereocenters. The van der Waals surface area contributed by atoms with Crippen molar-refractivity contribution in [2.24, 2.45) is 17.2 Å². The van der Waals surface area contributed by atoms with Gasteiger partial charge in [0.05, 0.1) is 29.8 Å². The minimum atomic E-state index is -0.980. The van der Waals surface area contributed by atoms with E-state index in [0.29, 0.717) is 28.8 Å². The molecule has 2 saturated carbocycles. The highest BCUT2D eigenvalue weighted by Gasteiger charge is 2.36. The maximum atomic E-state index is 14.9. The number of hydrogen-bond acceptors (Lipinski definition) is 7. The Balaban J connectivity index is 1.43. The van der Waals surface area contributed by atoms with Crippen molar-refractivity contribution in [1.29, 1.82) is 5.26 Å². The molecule has 0 saturated heterocycles. The fourth-order valence-electron chi connectivity index (χ4n) is 5.69. The average molecular weight is 549 g/mol. The number of pyridine rings is 2. The molecule has 1 aromatic carbocycles. The molecular formula is C30H30F2N4O4. The zero-order chi connectivity index (χ0) is 28.3. The van der Waals surface area contributed by atoms with Crippen LogP contribution in [0.4, 0.5) is 8.78 Å². The van der Waals surface area contributed by atoms with Gasteiger partial charge in [-0.2, -0.15) is 11.2 Å². The van der Waals surface area contributed by atoms with Crippen LogP contribution in [0, 0.1) is 34.3 Å². The number of nitrogens with two attached hydrogens (primary N) is 1. The van der Waals surface area contributed by atoms with Crippen molar-refractivity contribution in [2.75, 3.05) is 0 Å². The Labute approximate surface area is 230 Å². The Morgan fingerprint density at radius 3 is 2.60 bits per heavy atom. The van der Waals surface area contributed by atoms with Gasteiger partial charge < -0.3 is 14.7 Å². The van der Waals surface area contributed by atoms with Crippen molar-refractivity contribution >= 4 is 5.97 Å². The van der Waals surface area contributed by atoms with Gasteiger partial charge in [0.15, 0.2) is 0 Å². The van der Waals surface area contributed by atoms with E-state index >= 15 is 0 Å². The van der Waals surface area contributed by atoms with Gasteiger partial charge in [-0.25, -0.2) is 13.8 Å². The summed E-state index contributed by atoms with van der Waals surface area (Å²) in [5.74, 6) is 3.41. The average Bonchev–Trinajstić information content (AvgIpc) is 3.70. The third kappa shape index (κ3) is 6.05. The number of carboxylic acid groups (broad SMARTS) is 1. The number of aromatic nitrogens is 2. The number of nitriles is 1. The van der Waals surface area contributed by atoms with E-state index in [1.807, 2.05) is 6.07 Å². The number of carbonyl (C=O) groups is 1. The lowest BCUT2D eigenvalue weighted by Gasteiger charge is -2.22. The summed E-state index contributed by atoms with van der Waals surface area (Å²) in [6.07, 6.45) is 7.97. The van der Waals surface area contributed by atoms with E-state index in [2.05, 4.69) is 16.0 Å². The topological polar surface area (TPSA) is 131 Å². The summed E-state index contributed by atoms with van der Waals surface area (Å²) < 4.78 is 35.4. The normalized spacial score (nSPS) is 16.8. The van der Waals surface area contributed by atoms with Gasteiger partial charge in [0.2, 0.25) is 5.88 Å². The number of ether oxygens (including phenoxy) is 1. The highest BCUT2D eigenvalue weighted by atomic mass is 19.1. The Morgan fingerprint density at radius 2 is 1.93 bits per heavy atom. The molecule has 3 aromatic rings. The van der Waals surface area contributed by atoms with E-state index in [0.717, 1.165) is 44.7 Å². The standard InChI is InChI=1S/C30H30F2N4O4/c31-25-6-5-21(40-34)10-24(25)29-20(13-30(17-33)7-1-2-8-30)9-18(14-36-29)16-39-27-11-23(26(32)15-35-27)22(12-28(37)38)19-3-4-19/h5-6,9-11,14-15,19,22H,1-4,7-8,12-13,16,34H2,(H,37,38).